The molecule has 0 aliphatic rings. The van der Waals surface area contributed by atoms with Gasteiger partial charge in [-0.25, -0.2) is 4.79 Å². The number of likely N-dealkylation sites (N-methyl/N-ethyl adjacent to an activating group) is 1. The molecule has 24 heavy (non-hydrogen) atoms. The number of para-hydroxylation sites is 1. The summed E-state index contributed by atoms with van der Waals surface area (Å²) >= 11 is 0. The van der Waals surface area contributed by atoms with Gasteiger partial charge in [0, 0.05) is 13.7 Å². The van der Waals surface area contributed by atoms with Crippen molar-refractivity contribution in [2.45, 2.75) is 26.8 Å². The molecule has 0 N–H and O–H groups in total. The largest absolute Gasteiger partial charge is 0.463 e. The van der Waals surface area contributed by atoms with Gasteiger partial charge in [0.05, 0.1) is 5.69 Å². The maximum absolute atomic E-state index is 12.6. The van der Waals surface area contributed by atoms with Gasteiger partial charge in [-0.1, -0.05) is 18.2 Å². The highest BCUT2D eigenvalue weighted by atomic mass is 16.5. The zero-order valence-electron chi connectivity index (χ0n) is 15.5. The highest BCUT2D eigenvalue weighted by molar-refractivity contribution is 6.01. The van der Waals surface area contributed by atoms with Crippen molar-refractivity contribution in [3.05, 3.63) is 29.3 Å². The van der Waals surface area contributed by atoms with Gasteiger partial charge >= 0.3 is 5.97 Å². The van der Waals surface area contributed by atoms with Crippen LogP contribution >= 0.6 is 0 Å². The summed E-state index contributed by atoms with van der Waals surface area (Å²) in [5.41, 5.74) is 2.58. The quantitative estimate of drug-likeness (QED) is 0.677. The predicted molar refractivity (Wildman–Crippen MR) is 94.3 cm³/mol. The molecule has 1 atom stereocenters. The van der Waals surface area contributed by atoms with E-state index in [1.54, 1.807) is 6.92 Å². The van der Waals surface area contributed by atoms with Gasteiger partial charge in [0.1, 0.15) is 19.3 Å². The second kappa shape index (κ2) is 9.39. The van der Waals surface area contributed by atoms with Crippen LogP contribution in [0.5, 0.6) is 0 Å². The van der Waals surface area contributed by atoms with E-state index in [9.17, 15) is 9.59 Å². The maximum atomic E-state index is 12.6. The molecule has 6 nitrogen and oxygen atoms in total. The van der Waals surface area contributed by atoms with Crippen molar-refractivity contribution < 1.29 is 19.1 Å². The van der Waals surface area contributed by atoms with Crippen LogP contribution < -0.4 is 4.90 Å². The first-order chi connectivity index (χ1) is 11.3. The standard InChI is InChI=1S/C18H28N2O4/c1-13-8-7-9-14(2)17(13)20(16(21)12-23-6)15(3)18(22)24-11-10-19(4)5/h7-9,15H,10-12H2,1-6H3. The number of hydrogen-bond donors (Lipinski definition) is 0. The average molecular weight is 336 g/mol. The number of esters is 1. The van der Waals surface area contributed by atoms with Crippen molar-refractivity contribution >= 4 is 17.6 Å². The lowest BCUT2D eigenvalue weighted by Gasteiger charge is -2.30. The number of rotatable bonds is 8. The van der Waals surface area contributed by atoms with Gasteiger partial charge in [0.2, 0.25) is 0 Å². The Hall–Kier alpha value is -1.92. The lowest BCUT2D eigenvalue weighted by atomic mass is 10.1. The number of amides is 1. The average Bonchev–Trinajstić information content (AvgIpc) is 2.50. The fourth-order valence-corrected chi connectivity index (χ4v) is 2.47. The Balaban J connectivity index is 3.06. The Labute approximate surface area is 144 Å². The molecule has 0 saturated carbocycles. The first-order valence-electron chi connectivity index (χ1n) is 7.98. The van der Waals surface area contributed by atoms with Crippen molar-refractivity contribution in [1.29, 1.82) is 0 Å². The van der Waals surface area contributed by atoms with E-state index in [0.717, 1.165) is 16.8 Å². The highest BCUT2D eigenvalue weighted by Crippen LogP contribution is 2.27. The molecular formula is C18H28N2O4. The van der Waals surface area contributed by atoms with Crippen LogP contribution in [-0.4, -0.2) is 63.8 Å². The summed E-state index contributed by atoms with van der Waals surface area (Å²) < 4.78 is 10.3. The van der Waals surface area contributed by atoms with Crippen LogP contribution in [0.25, 0.3) is 0 Å². The van der Waals surface area contributed by atoms with Crippen LogP contribution in [0.2, 0.25) is 0 Å². The Morgan fingerprint density at radius 3 is 2.25 bits per heavy atom. The molecule has 1 unspecified atom stereocenters. The number of carbonyl (C=O) groups is 2. The monoisotopic (exact) mass is 336 g/mol. The van der Waals surface area contributed by atoms with E-state index in [-0.39, 0.29) is 19.1 Å². The number of ether oxygens (including phenoxy) is 2. The number of hydrogen-bond acceptors (Lipinski definition) is 5. The van der Waals surface area contributed by atoms with Crippen molar-refractivity contribution in [3.63, 3.8) is 0 Å². The minimum Gasteiger partial charge on any atom is -0.463 e. The molecule has 1 amide bonds. The Bertz CT molecular complexity index is 552. The van der Waals surface area contributed by atoms with Crippen molar-refractivity contribution in [2.75, 3.05) is 45.9 Å². The van der Waals surface area contributed by atoms with E-state index in [1.165, 1.54) is 12.0 Å². The number of methoxy groups -OCH3 is 1. The normalized spacial score (nSPS) is 12.1. The molecule has 0 heterocycles. The third-order valence-electron chi connectivity index (χ3n) is 3.73. The second-order valence-corrected chi connectivity index (χ2v) is 6.08. The second-order valence-electron chi connectivity index (χ2n) is 6.08. The smallest absolute Gasteiger partial charge is 0.329 e. The minimum absolute atomic E-state index is 0.0942. The molecule has 1 rings (SSSR count). The van der Waals surface area contributed by atoms with Crippen molar-refractivity contribution in [3.8, 4) is 0 Å². The summed E-state index contributed by atoms with van der Waals surface area (Å²) in [5, 5.41) is 0. The van der Waals surface area contributed by atoms with Gasteiger partial charge in [-0.2, -0.15) is 0 Å². The molecule has 0 radical (unpaired) electrons. The van der Waals surface area contributed by atoms with Gasteiger partial charge in [-0.15, -0.1) is 0 Å². The predicted octanol–water partition coefficient (Wildman–Crippen LogP) is 1.78. The summed E-state index contributed by atoms with van der Waals surface area (Å²) in [7, 11) is 5.27. The Morgan fingerprint density at radius 2 is 1.75 bits per heavy atom. The zero-order chi connectivity index (χ0) is 18.3. The number of nitrogens with zero attached hydrogens (tertiary/aromatic N) is 2. The number of aryl methyl sites for hydroxylation is 2. The molecule has 0 spiro atoms. The van der Waals surface area contributed by atoms with Crippen molar-refractivity contribution in [2.24, 2.45) is 0 Å². The van der Waals surface area contributed by atoms with E-state index in [1.807, 2.05) is 51.0 Å². The van der Waals surface area contributed by atoms with Gasteiger partial charge in [-0.05, 0) is 46.0 Å². The summed E-state index contributed by atoms with van der Waals surface area (Å²) in [6, 6.07) is 5.03. The lowest BCUT2D eigenvalue weighted by molar-refractivity contribution is -0.146. The van der Waals surface area contributed by atoms with Gasteiger partial charge in [0.15, 0.2) is 0 Å². The summed E-state index contributed by atoms with van der Waals surface area (Å²) in [6.45, 7) is 6.34. The fourth-order valence-electron chi connectivity index (χ4n) is 2.47. The number of anilines is 1. The van der Waals surface area contributed by atoms with E-state index >= 15 is 0 Å². The number of benzene rings is 1. The molecule has 1 aromatic carbocycles. The Morgan fingerprint density at radius 1 is 1.17 bits per heavy atom. The molecule has 1 aromatic rings. The summed E-state index contributed by atoms with van der Waals surface area (Å²) in [6.07, 6.45) is 0. The summed E-state index contributed by atoms with van der Waals surface area (Å²) in [4.78, 5) is 28.4. The molecule has 0 aromatic heterocycles. The van der Waals surface area contributed by atoms with Crippen LogP contribution in [0.4, 0.5) is 5.69 Å². The van der Waals surface area contributed by atoms with E-state index in [4.69, 9.17) is 9.47 Å². The third kappa shape index (κ3) is 5.32. The molecule has 0 aliphatic carbocycles. The van der Waals surface area contributed by atoms with Gasteiger partial charge in [0.25, 0.3) is 5.91 Å². The van der Waals surface area contributed by atoms with Crippen LogP contribution in [0.3, 0.4) is 0 Å². The van der Waals surface area contributed by atoms with Crippen LogP contribution in [0.1, 0.15) is 18.1 Å². The molecule has 6 heteroatoms. The molecular weight excluding hydrogens is 308 g/mol. The molecule has 0 fully saturated rings. The van der Waals surface area contributed by atoms with Crippen LogP contribution in [0.15, 0.2) is 18.2 Å². The summed E-state index contributed by atoms with van der Waals surface area (Å²) in [5.74, 6) is -0.698. The lowest BCUT2D eigenvalue weighted by Crippen LogP contribution is -2.46. The van der Waals surface area contributed by atoms with Gasteiger partial charge < -0.3 is 14.4 Å². The molecule has 0 aliphatic heterocycles. The highest BCUT2D eigenvalue weighted by Gasteiger charge is 2.30. The minimum atomic E-state index is -0.727. The van der Waals surface area contributed by atoms with E-state index in [2.05, 4.69) is 0 Å². The maximum Gasteiger partial charge on any atom is 0.329 e. The molecule has 0 saturated heterocycles. The SMILES string of the molecule is COCC(=O)N(c1c(C)cccc1C)C(C)C(=O)OCCN(C)C. The first-order valence-corrected chi connectivity index (χ1v) is 7.98. The molecule has 0 bridgehead atoms. The first kappa shape index (κ1) is 20.1. The third-order valence-corrected chi connectivity index (χ3v) is 3.73. The topological polar surface area (TPSA) is 59.1 Å². The van der Waals surface area contributed by atoms with Crippen molar-refractivity contribution in [1.82, 2.24) is 4.90 Å². The fraction of sp³-hybridized carbons (Fsp3) is 0.556. The molecule has 134 valence electrons. The van der Waals surface area contributed by atoms with Crippen LogP contribution in [0, 0.1) is 13.8 Å². The van der Waals surface area contributed by atoms with E-state index < -0.39 is 12.0 Å². The van der Waals surface area contributed by atoms with Gasteiger partial charge in [-0.3, -0.25) is 9.69 Å². The van der Waals surface area contributed by atoms with E-state index in [0.29, 0.717) is 6.54 Å². The number of carbonyl (C=O) groups excluding carboxylic acids is 2. The van der Waals surface area contributed by atoms with Crippen LogP contribution in [-0.2, 0) is 19.1 Å². The Kier molecular flexibility index (Phi) is 7.88. The zero-order valence-corrected chi connectivity index (χ0v) is 15.5.